The normalized spacial score (nSPS) is 28.8. The molecular formula is C8H14O4. The molecule has 4 heteroatoms. The van der Waals surface area contributed by atoms with E-state index in [1.807, 2.05) is 0 Å². The lowest BCUT2D eigenvalue weighted by Gasteiger charge is -2.09. The van der Waals surface area contributed by atoms with Crippen molar-refractivity contribution in [1.29, 1.82) is 0 Å². The van der Waals surface area contributed by atoms with Crippen molar-refractivity contribution in [1.82, 2.24) is 0 Å². The minimum absolute atomic E-state index is 0.0394. The van der Waals surface area contributed by atoms with Crippen molar-refractivity contribution in [3.63, 3.8) is 0 Å². The van der Waals surface area contributed by atoms with Crippen LogP contribution < -0.4 is 0 Å². The Kier molecular flexibility index (Phi) is 3.49. The third-order valence-electron chi connectivity index (χ3n) is 2.02. The van der Waals surface area contributed by atoms with Crippen molar-refractivity contribution < 1.29 is 19.4 Å². The second-order valence-electron chi connectivity index (χ2n) is 2.92. The fourth-order valence-corrected chi connectivity index (χ4v) is 1.33. The molecule has 1 heterocycles. The fraction of sp³-hybridized carbons (Fsp3) is 0.875. The second-order valence-corrected chi connectivity index (χ2v) is 2.92. The highest BCUT2D eigenvalue weighted by Gasteiger charge is 2.26. The van der Waals surface area contributed by atoms with E-state index in [2.05, 4.69) is 4.74 Å². The lowest BCUT2D eigenvalue weighted by Crippen LogP contribution is -2.17. The molecular weight excluding hydrogens is 160 g/mol. The van der Waals surface area contributed by atoms with Gasteiger partial charge < -0.3 is 14.6 Å². The van der Waals surface area contributed by atoms with Gasteiger partial charge in [-0.3, -0.25) is 4.79 Å². The zero-order valence-corrected chi connectivity index (χ0v) is 7.16. The summed E-state index contributed by atoms with van der Waals surface area (Å²) in [5.41, 5.74) is 0. The number of rotatable bonds is 3. The van der Waals surface area contributed by atoms with Crippen LogP contribution in [0.2, 0.25) is 0 Å². The molecule has 0 spiro atoms. The summed E-state index contributed by atoms with van der Waals surface area (Å²) in [7, 11) is 1.36. The maximum absolute atomic E-state index is 10.8. The molecule has 0 aromatic carbocycles. The van der Waals surface area contributed by atoms with E-state index in [-0.39, 0.29) is 24.8 Å². The average Bonchev–Trinajstić information content (AvgIpc) is 2.52. The molecule has 1 fully saturated rings. The number of aliphatic hydroxyl groups excluding tert-OH is 1. The zero-order chi connectivity index (χ0) is 8.97. The van der Waals surface area contributed by atoms with Crippen molar-refractivity contribution >= 4 is 5.97 Å². The number of ether oxygens (including phenoxy) is 2. The smallest absolute Gasteiger partial charge is 0.308 e. The van der Waals surface area contributed by atoms with Gasteiger partial charge in [0.25, 0.3) is 0 Å². The van der Waals surface area contributed by atoms with Crippen LogP contribution in [0, 0.1) is 0 Å². The maximum Gasteiger partial charge on any atom is 0.308 e. The van der Waals surface area contributed by atoms with Gasteiger partial charge in [0.05, 0.1) is 32.3 Å². The lowest BCUT2D eigenvalue weighted by atomic mass is 10.1. The second kappa shape index (κ2) is 4.42. The van der Waals surface area contributed by atoms with Crippen LogP contribution in [0.3, 0.4) is 0 Å². The molecule has 0 unspecified atom stereocenters. The van der Waals surface area contributed by atoms with E-state index < -0.39 is 0 Å². The Bertz CT molecular complexity index is 157. The van der Waals surface area contributed by atoms with Gasteiger partial charge in [-0.05, 0) is 12.8 Å². The van der Waals surface area contributed by atoms with E-state index >= 15 is 0 Å². The van der Waals surface area contributed by atoms with Crippen LogP contribution in [0.15, 0.2) is 0 Å². The Labute approximate surface area is 71.5 Å². The van der Waals surface area contributed by atoms with Crippen LogP contribution in [-0.2, 0) is 14.3 Å². The summed E-state index contributed by atoms with van der Waals surface area (Å²) < 4.78 is 9.83. The van der Waals surface area contributed by atoms with Crippen molar-refractivity contribution in [3.05, 3.63) is 0 Å². The first-order valence-corrected chi connectivity index (χ1v) is 4.09. The van der Waals surface area contributed by atoms with Crippen LogP contribution in [0.25, 0.3) is 0 Å². The molecule has 70 valence electrons. The first-order chi connectivity index (χ1) is 5.76. The molecule has 0 aromatic rings. The topological polar surface area (TPSA) is 55.8 Å². The SMILES string of the molecule is COC(=O)C[C@H]1CC[C@@H](CO)O1. The fourth-order valence-electron chi connectivity index (χ4n) is 1.33. The molecule has 0 aromatic heterocycles. The predicted molar refractivity (Wildman–Crippen MR) is 41.6 cm³/mol. The maximum atomic E-state index is 10.8. The van der Waals surface area contributed by atoms with Crippen molar-refractivity contribution in [3.8, 4) is 0 Å². The number of hydrogen-bond acceptors (Lipinski definition) is 4. The van der Waals surface area contributed by atoms with Gasteiger partial charge in [0.1, 0.15) is 0 Å². The van der Waals surface area contributed by atoms with Crippen LogP contribution >= 0.6 is 0 Å². The number of hydrogen-bond donors (Lipinski definition) is 1. The van der Waals surface area contributed by atoms with Gasteiger partial charge in [-0.15, -0.1) is 0 Å². The van der Waals surface area contributed by atoms with E-state index in [0.29, 0.717) is 6.42 Å². The highest BCUT2D eigenvalue weighted by molar-refractivity contribution is 5.69. The molecule has 1 saturated heterocycles. The highest BCUT2D eigenvalue weighted by atomic mass is 16.5. The minimum atomic E-state index is -0.251. The molecule has 1 rings (SSSR count). The standard InChI is InChI=1S/C8H14O4/c1-11-8(10)4-6-2-3-7(5-9)12-6/h6-7,9H,2-5H2,1H3/t6-,7+/m1/s1. The lowest BCUT2D eigenvalue weighted by molar-refractivity contribution is -0.143. The predicted octanol–water partition coefficient (Wildman–Crippen LogP) is 0.0894. The first kappa shape index (κ1) is 9.48. The molecule has 4 nitrogen and oxygen atoms in total. The summed E-state index contributed by atoms with van der Waals surface area (Å²) in [4.78, 5) is 10.8. The Morgan fingerprint density at radius 3 is 2.75 bits per heavy atom. The van der Waals surface area contributed by atoms with Crippen molar-refractivity contribution in [2.75, 3.05) is 13.7 Å². The van der Waals surface area contributed by atoms with Gasteiger partial charge in [0.2, 0.25) is 0 Å². The van der Waals surface area contributed by atoms with Gasteiger partial charge in [-0.25, -0.2) is 0 Å². The summed E-state index contributed by atoms with van der Waals surface area (Å²) in [6.07, 6.45) is 1.82. The molecule has 0 radical (unpaired) electrons. The number of carbonyl (C=O) groups excluding carboxylic acids is 1. The molecule has 0 bridgehead atoms. The van der Waals surface area contributed by atoms with Gasteiger partial charge >= 0.3 is 5.97 Å². The van der Waals surface area contributed by atoms with Gasteiger partial charge in [0, 0.05) is 0 Å². The van der Waals surface area contributed by atoms with Gasteiger partial charge in [-0.1, -0.05) is 0 Å². The molecule has 0 aliphatic carbocycles. The number of methoxy groups -OCH3 is 1. The van der Waals surface area contributed by atoms with E-state index in [4.69, 9.17) is 9.84 Å². The Morgan fingerprint density at radius 2 is 2.25 bits per heavy atom. The molecule has 1 aliphatic heterocycles. The summed E-state index contributed by atoms with van der Waals surface area (Å²) in [6, 6.07) is 0. The van der Waals surface area contributed by atoms with Crippen LogP contribution in [-0.4, -0.2) is 37.0 Å². The van der Waals surface area contributed by atoms with Gasteiger partial charge in [-0.2, -0.15) is 0 Å². The summed E-state index contributed by atoms with van der Waals surface area (Å²) >= 11 is 0. The Balaban J connectivity index is 2.23. The van der Waals surface area contributed by atoms with Crippen molar-refractivity contribution in [2.24, 2.45) is 0 Å². The average molecular weight is 174 g/mol. The van der Waals surface area contributed by atoms with Crippen LogP contribution in [0.5, 0.6) is 0 Å². The van der Waals surface area contributed by atoms with E-state index in [1.54, 1.807) is 0 Å². The summed E-state index contributed by atoms with van der Waals surface area (Å²) in [5.74, 6) is -0.251. The zero-order valence-electron chi connectivity index (χ0n) is 7.16. The minimum Gasteiger partial charge on any atom is -0.469 e. The summed E-state index contributed by atoms with van der Waals surface area (Å²) in [6.45, 7) is 0.0394. The quantitative estimate of drug-likeness (QED) is 0.616. The van der Waals surface area contributed by atoms with E-state index in [1.165, 1.54) is 7.11 Å². The first-order valence-electron chi connectivity index (χ1n) is 4.09. The van der Waals surface area contributed by atoms with Crippen LogP contribution in [0.1, 0.15) is 19.3 Å². The van der Waals surface area contributed by atoms with Gasteiger partial charge in [0.15, 0.2) is 0 Å². The number of esters is 1. The largest absolute Gasteiger partial charge is 0.469 e. The highest BCUT2D eigenvalue weighted by Crippen LogP contribution is 2.21. The third-order valence-corrected chi connectivity index (χ3v) is 2.02. The Morgan fingerprint density at radius 1 is 1.58 bits per heavy atom. The van der Waals surface area contributed by atoms with E-state index in [9.17, 15) is 4.79 Å². The molecule has 2 atom stereocenters. The molecule has 1 aliphatic rings. The van der Waals surface area contributed by atoms with E-state index in [0.717, 1.165) is 12.8 Å². The summed E-state index contributed by atoms with van der Waals surface area (Å²) in [5, 5.41) is 8.73. The van der Waals surface area contributed by atoms with Crippen LogP contribution in [0.4, 0.5) is 0 Å². The number of aliphatic hydroxyl groups is 1. The number of carbonyl (C=O) groups is 1. The monoisotopic (exact) mass is 174 g/mol. The molecule has 0 saturated carbocycles. The third kappa shape index (κ3) is 2.46. The Hall–Kier alpha value is -0.610. The van der Waals surface area contributed by atoms with Crippen molar-refractivity contribution in [2.45, 2.75) is 31.5 Å². The molecule has 1 N–H and O–H groups in total. The molecule has 12 heavy (non-hydrogen) atoms. The molecule has 0 amide bonds.